The van der Waals surface area contributed by atoms with Crippen molar-refractivity contribution in [2.75, 3.05) is 13.2 Å². The molecule has 0 atom stereocenters. The van der Waals surface area contributed by atoms with Crippen molar-refractivity contribution >= 4 is 17.7 Å². The maximum Gasteiger partial charge on any atom is 0.331 e. The third kappa shape index (κ3) is 6.21. The summed E-state index contributed by atoms with van der Waals surface area (Å²) in [5.74, 6) is -1.88. The van der Waals surface area contributed by atoms with E-state index in [1.54, 1.807) is 12.1 Å². The van der Waals surface area contributed by atoms with Gasteiger partial charge < -0.3 is 19.7 Å². The SMILES string of the molecule is C/C(=C/C(=O)OCCOc1ccc(C(=O)C(C)(C)O)cc1)C(=O)O. The summed E-state index contributed by atoms with van der Waals surface area (Å²) in [6.45, 7) is 4.14. The van der Waals surface area contributed by atoms with Crippen molar-refractivity contribution < 1.29 is 34.1 Å². The molecule has 0 heterocycles. The topological polar surface area (TPSA) is 110 Å². The molecule has 0 fully saturated rings. The van der Waals surface area contributed by atoms with Gasteiger partial charge in [0, 0.05) is 17.2 Å². The number of carbonyl (C=O) groups is 3. The molecule has 1 aromatic carbocycles. The zero-order valence-electron chi connectivity index (χ0n) is 13.7. The molecule has 1 aromatic rings. The van der Waals surface area contributed by atoms with E-state index in [2.05, 4.69) is 0 Å². The zero-order chi connectivity index (χ0) is 18.3. The standard InChI is InChI=1S/C17H20O7/c1-11(16(20)21)10-14(18)24-9-8-23-13-6-4-12(5-7-13)15(19)17(2,3)22/h4-7,10,22H,8-9H2,1-3H3,(H,20,21)/b11-10-. The predicted molar refractivity (Wildman–Crippen MR) is 84.9 cm³/mol. The molecular formula is C17H20O7. The number of carboxylic acids is 1. The molecule has 0 unspecified atom stereocenters. The predicted octanol–water partition coefficient (Wildman–Crippen LogP) is 1.59. The van der Waals surface area contributed by atoms with Crippen molar-refractivity contribution in [3.63, 3.8) is 0 Å². The summed E-state index contributed by atoms with van der Waals surface area (Å²) in [4.78, 5) is 33.7. The number of Topliss-reactive ketones (excluding diaryl/α,β-unsaturated/α-hetero) is 1. The van der Waals surface area contributed by atoms with E-state index in [-0.39, 0.29) is 18.8 Å². The van der Waals surface area contributed by atoms with Gasteiger partial charge in [-0.3, -0.25) is 4.79 Å². The van der Waals surface area contributed by atoms with Crippen LogP contribution >= 0.6 is 0 Å². The lowest BCUT2D eigenvalue weighted by molar-refractivity contribution is -0.139. The molecule has 24 heavy (non-hydrogen) atoms. The maximum absolute atomic E-state index is 11.9. The second-order valence-electron chi connectivity index (χ2n) is 5.56. The number of ketones is 1. The highest BCUT2D eigenvalue weighted by Gasteiger charge is 2.24. The van der Waals surface area contributed by atoms with Gasteiger partial charge >= 0.3 is 11.9 Å². The van der Waals surface area contributed by atoms with Gasteiger partial charge in [-0.05, 0) is 45.0 Å². The molecule has 0 aliphatic rings. The van der Waals surface area contributed by atoms with Crippen molar-refractivity contribution in [3.05, 3.63) is 41.5 Å². The average Bonchev–Trinajstić information content (AvgIpc) is 2.50. The molecule has 7 heteroatoms. The Bertz CT molecular complexity index is 636. The summed E-state index contributed by atoms with van der Waals surface area (Å²) < 4.78 is 10.1. The Morgan fingerprint density at radius 2 is 1.71 bits per heavy atom. The van der Waals surface area contributed by atoms with Crippen LogP contribution in [0.15, 0.2) is 35.9 Å². The highest BCUT2D eigenvalue weighted by Crippen LogP contribution is 2.17. The lowest BCUT2D eigenvalue weighted by Gasteiger charge is -2.15. The molecule has 0 aliphatic heterocycles. The molecule has 0 saturated heterocycles. The molecule has 7 nitrogen and oxygen atoms in total. The van der Waals surface area contributed by atoms with Gasteiger partial charge in [-0.1, -0.05) is 0 Å². The Hall–Kier alpha value is -2.67. The first-order valence-electron chi connectivity index (χ1n) is 7.19. The Morgan fingerprint density at radius 3 is 2.21 bits per heavy atom. The van der Waals surface area contributed by atoms with Crippen LogP contribution in [0, 0.1) is 0 Å². The number of benzene rings is 1. The molecule has 0 radical (unpaired) electrons. The van der Waals surface area contributed by atoms with Gasteiger partial charge in [-0.2, -0.15) is 0 Å². The number of rotatable bonds is 8. The number of aliphatic hydroxyl groups is 1. The normalized spacial score (nSPS) is 11.8. The van der Waals surface area contributed by atoms with Gasteiger partial charge in [-0.25, -0.2) is 9.59 Å². The highest BCUT2D eigenvalue weighted by molar-refractivity contribution is 6.01. The minimum absolute atomic E-state index is 0.0490. The minimum atomic E-state index is -1.45. The van der Waals surface area contributed by atoms with E-state index < -0.39 is 23.3 Å². The largest absolute Gasteiger partial charge is 0.490 e. The van der Waals surface area contributed by atoms with Crippen molar-refractivity contribution in [1.29, 1.82) is 0 Å². The smallest absolute Gasteiger partial charge is 0.331 e. The second-order valence-corrected chi connectivity index (χ2v) is 5.56. The van der Waals surface area contributed by atoms with Gasteiger partial charge in [0.25, 0.3) is 0 Å². The van der Waals surface area contributed by atoms with Crippen LogP contribution in [0.1, 0.15) is 31.1 Å². The first-order valence-corrected chi connectivity index (χ1v) is 7.19. The van der Waals surface area contributed by atoms with Crippen LogP contribution < -0.4 is 4.74 Å². The molecule has 0 aliphatic carbocycles. The van der Waals surface area contributed by atoms with Gasteiger partial charge in [0.2, 0.25) is 0 Å². The first kappa shape index (κ1) is 19.4. The van der Waals surface area contributed by atoms with E-state index in [9.17, 15) is 19.5 Å². The molecule has 0 amide bonds. The number of esters is 1. The number of carboxylic acid groups (broad SMARTS) is 1. The lowest BCUT2D eigenvalue weighted by Crippen LogP contribution is -2.30. The van der Waals surface area contributed by atoms with E-state index in [0.717, 1.165) is 6.08 Å². The van der Waals surface area contributed by atoms with Crippen molar-refractivity contribution in [3.8, 4) is 5.75 Å². The summed E-state index contributed by atoms with van der Waals surface area (Å²) in [5.41, 5.74) is -1.21. The summed E-state index contributed by atoms with van der Waals surface area (Å²) in [7, 11) is 0. The van der Waals surface area contributed by atoms with Gasteiger partial charge in [-0.15, -0.1) is 0 Å². The highest BCUT2D eigenvalue weighted by atomic mass is 16.6. The Morgan fingerprint density at radius 1 is 1.12 bits per heavy atom. The summed E-state index contributed by atoms with van der Waals surface area (Å²) in [6.07, 6.45) is 0.888. The maximum atomic E-state index is 11.9. The fourth-order valence-electron chi connectivity index (χ4n) is 1.64. The molecule has 130 valence electrons. The van der Waals surface area contributed by atoms with Gasteiger partial charge in [0.1, 0.15) is 24.6 Å². The Balaban J connectivity index is 2.44. The van der Waals surface area contributed by atoms with E-state index in [1.165, 1.54) is 32.9 Å². The quantitative estimate of drug-likeness (QED) is 0.321. The molecule has 0 saturated carbocycles. The number of hydrogen-bond acceptors (Lipinski definition) is 6. The number of carbonyl (C=O) groups excluding carboxylic acids is 2. The van der Waals surface area contributed by atoms with Gasteiger partial charge in [0.15, 0.2) is 5.78 Å². The van der Waals surface area contributed by atoms with Crippen LogP contribution in [0.25, 0.3) is 0 Å². The Labute approximate surface area is 139 Å². The van der Waals surface area contributed by atoms with E-state index >= 15 is 0 Å². The fraction of sp³-hybridized carbons (Fsp3) is 0.353. The fourth-order valence-corrected chi connectivity index (χ4v) is 1.64. The monoisotopic (exact) mass is 336 g/mol. The van der Waals surface area contributed by atoms with Crippen molar-refractivity contribution in [2.24, 2.45) is 0 Å². The third-order valence-electron chi connectivity index (χ3n) is 2.94. The van der Waals surface area contributed by atoms with E-state index in [4.69, 9.17) is 14.6 Å². The minimum Gasteiger partial charge on any atom is -0.490 e. The van der Waals surface area contributed by atoms with E-state index in [1.807, 2.05) is 0 Å². The van der Waals surface area contributed by atoms with E-state index in [0.29, 0.717) is 11.3 Å². The first-order chi connectivity index (χ1) is 11.1. The number of ether oxygens (including phenoxy) is 2. The number of hydrogen-bond donors (Lipinski definition) is 2. The van der Waals surface area contributed by atoms with Crippen LogP contribution in [-0.4, -0.2) is 46.7 Å². The lowest BCUT2D eigenvalue weighted by atomic mass is 9.97. The number of aliphatic carboxylic acids is 1. The molecule has 0 bridgehead atoms. The Kier molecular flexibility index (Phi) is 6.67. The van der Waals surface area contributed by atoms with Crippen molar-refractivity contribution in [2.45, 2.75) is 26.4 Å². The van der Waals surface area contributed by atoms with Gasteiger partial charge in [0.05, 0.1) is 0 Å². The third-order valence-corrected chi connectivity index (χ3v) is 2.94. The van der Waals surface area contributed by atoms with Crippen LogP contribution in [0.3, 0.4) is 0 Å². The molecule has 2 N–H and O–H groups in total. The molecule has 1 rings (SSSR count). The summed E-state index contributed by atoms with van der Waals surface area (Å²) in [5, 5.41) is 18.3. The molecule has 0 aromatic heterocycles. The van der Waals surface area contributed by atoms with Crippen LogP contribution in [0.2, 0.25) is 0 Å². The molecule has 0 spiro atoms. The van der Waals surface area contributed by atoms with Crippen LogP contribution in [0.4, 0.5) is 0 Å². The summed E-state index contributed by atoms with van der Waals surface area (Å²) in [6, 6.07) is 6.19. The second kappa shape index (κ2) is 8.26. The summed E-state index contributed by atoms with van der Waals surface area (Å²) >= 11 is 0. The average molecular weight is 336 g/mol. The zero-order valence-corrected chi connectivity index (χ0v) is 13.7. The molecular weight excluding hydrogens is 316 g/mol. The van der Waals surface area contributed by atoms with Crippen molar-refractivity contribution in [1.82, 2.24) is 0 Å². The van der Waals surface area contributed by atoms with Crippen LogP contribution in [-0.2, 0) is 14.3 Å². The van der Waals surface area contributed by atoms with Crippen LogP contribution in [0.5, 0.6) is 5.75 Å².